The number of piperidine rings is 1. The summed E-state index contributed by atoms with van der Waals surface area (Å²) in [5, 5.41) is 4.04. The van der Waals surface area contributed by atoms with Crippen molar-refractivity contribution in [3.05, 3.63) is 5.89 Å². The molecule has 1 fully saturated rings. The SMILES string of the molecule is CC(C)C(N)Cc1nc(N2CCCCC2)no1. The molecule has 2 heterocycles. The summed E-state index contributed by atoms with van der Waals surface area (Å²) in [5.74, 6) is 1.82. The van der Waals surface area contributed by atoms with Crippen LogP contribution in [0.2, 0.25) is 0 Å². The third-order valence-electron chi connectivity index (χ3n) is 3.36. The predicted molar refractivity (Wildman–Crippen MR) is 66.9 cm³/mol. The molecule has 1 aliphatic heterocycles. The van der Waals surface area contributed by atoms with Crippen LogP contribution in [0.4, 0.5) is 5.95 Å². The maximum Gasteiger partial charge on any atom is 0.266 e. The fourth-order valence-electron chi connectivity index (χ4n) is 1.99. The van der Waals surface area contributed by atoms with Gasteiger partial charge in [-0.1, -0.05) is 13.8 Å². The average molecular weight is 238 g/mol. The van der Waals surface area contributed by atoms with Crippen LogP contribution in [0.3, 0.4) is 0 Å². The average Bonchev–Trinajstić information content (AvgIpc) is 2.78. The van der Waals surface area contributed by atoms with E-state index in [0.29, 0.717) is 18.2 Å². The van der Waals surface area contributed by atoms with Crippen molar-refractivity contribution in [1.29, 1.82) is 0 Å². The Bertz CT molecular complexity index is 344. The highest BCUT2D eigenvalue weighted by Crippen LogP contribution is 2.17. The number of nitrogens with zero attached hydrogens (tertiary/aromatic N) is 3. The van der Waals surface area contributed by atoms with E-state index < -0.39 is 0 Å². The summed E-state index contributed by atoms with van der Waals surface area (Å²) in [7, 11) is 0. The van der Waals surface area contributed by atoms with Crippen molar-refractivity contribution in [2.24, 2.45) is 11.7 Å². The molecular formula is C12H22N4O. The molecular weight excluding hydrogens is 216 g/mol. The van der Waals surface area contributed by atoms with Crippen molar-refractivity contribution in [3.63, 3.8) is 0 Å². The summed E-state index contributed by atoms with van der Waals surface area (Å²) < 4.78 is 5.26. The van der Waals surface area contributed by atoms with Gasteiger partial charge in [0.25, 0.3) is 5.95 Å². The topological polar surface area (TPSA) is 68.2 Å². The predicted octanol–water partition coefficient (Wildman–Crippen LogP) is 1.59. The van der Waals surface area contributed by atoms with E-state index in [9.17, 15) is 0 Å². The molecule has 1 aromatic rings. The first kappa shape index (κ1) is 12.4. The van der Waals surface area contributed by atoms with Gasteiger partial charge in [-0.2, -0.15) is 4.98 Å². The number of hydrogen-bond donors (Lipinski definition) is 1. The van der Waals surface area contributed by atoms with Gasteiger partial charge in [-0.25, -0.2) is 0 Å². The lowest BCUT2D eigenvalue weighted by atomic mass is 10.0. The van der Waals surface area contributed by atoms with Crippen LogP contribution >= 0.6 is 0 Å². The van der Waals surface area contributed by atoms with Gasteiger partial charge in [0.2, 0.25) is 5.89 Å². The van der Waals surface area contributed by atoms with Crippen molar-refractivity contribution in [2.75, 3.05) is 18.0 Å². The molecule has 2 rings (SSSR count). The minimum Gasteiger partial charge on any atom is -0.338 e. The Labute approximate surface area is 102 Å². The molecule has 0 saturated carbocycles. The Morgan fingerprint density at radius 1 is 1.29 bits per heavy atom. The second kappa shape index (κ2) is 5.49. The Hall–Kier alpha value is -1.10. The van der Waals surface area contributed by atoms with Gasteiger partial charge in [-0.3, -0.25) is 0 Å². The van der Waals surface area contributed by atoms with Gasteiger partial charge in [0.15, 0.2) is 0 Å². The van der Waals surface area contributed by atoms with Crippen LogP contribution in [-0.2, 0) is 6.42 Å². The molecule has 0 aromatic carbocycles. The molecule has 5 heteroatoms. The molecule has 0 amide bonds. The van der Waals surface area contributed by atoms with Gasteiger partial charge < -0.3 is 15.2 Å². The molecule has 5 nitrogen and oxygen atoms in total. The summed E-state index contributed by atoms with van der Waals surface area (Å²) in [6, 6.07) is 0.0876. The third-order valence-corrected chi connectivity index (χ3v) is 3.36. The maximum absolute atomic E-state index is 5.99. The molecule has 1 aliphatic rings. The van der Waals surface area contributed by atoms with Crippen molar-refractivity contribution in [3.8, 4) is 0 Å². The van der Waals surface area contributed by atoms with E-state index in [0.717, 1.165) is 19.0 Å². The summed E-state index contributed by atoms with van der Waals surface area (Å²) in [6.45, 7) is 6.28. The lowest BCUT2D eigenvalue weighted by Crippen LogP contribution is -2.30. The third kappa shape index (κ3) is 3.19. The number of aromatic nitrogens is 2. The smallest absolute Gasteiger partial charge is 0.266 e. The lowest BCUT2D eigenvalue weighted by molar-refractivity contribution is 0.352. The number of rotatable bonds is 4. The van der Waals surface area contributed by atoms with Crippen LogP contribution in [0.15, 0.2) is 4.52 Å². The molecule has 2 N–H and O–H groups in total. The van der Waals surface area contributed by atoms with E-state index in [1.807, 2.05) is 0 Å². The Morgan fingerprint density at radius 2 is 2.00 bits per heavy atom. The van der Waals surface area contributed by atoms with E-state index in [1.165, 1.54) is 19.3 Å². The second-order valence-electron chi connectivity index (χ2n) is 5.15. The van der Waals surface area contributed by atoms with Crippen molar-refractivity contribution in [2.45, 2.75) is 45.6 Å². The van der Waals surface area contributed by atoms with Crippen molar-refractivity contribution >= 4 is 5.95 Å². The quantitative estimate of drug-likeness (QED) is 0.862. The zero-order valence-electron chi connectivity index (χ0n) is 10.7. The summed E-state index contributed by atoms with van der Waals surface area (Å²) in [6.07, 6.45) is 4.41. The first-order chi connectivity index (χ1) is 8.16. The van der Waals surface area contributed by atoms with Crippen LogP contribution in [0, 0.1) is 5.92 Å². The van der Waals surface area contributed by atoms with Crippen LogP contribution < -0.4 is 10.6 Å². The van der Waals surface area contributed by atoms with Crippen LogP contribution in [-0.4, -0.2) is 29.3 Å². The first-order valence-electron chi connectivity index (χ1n) is 6.50. The number of anilines is 1. The molecule has 1 unspecified atom stereocenters. The van der Waals surface area contributed by atoms with Gasteiger partial charge in [0.1, 0.15) is 0 Å². The van der Waals surface area contributed by atoms with E-state index >= 15 is 0 Å². The zero-order chi connectivity index (χ0) is 12.3. The molecule has 0 bridgehead atoms. The van der Waals surface area contributed by atoms with Gasteiger partial charge in [-0.15, -0.1) is 0 Å². The first-order valence-corrected chi connectivity index (χ1v) is 6.50. The van der Waals surface area contributed by atoms with Gasteiger partial charge >= 0.3 is 0 Å². The fraction of sp³-hybridized carbons (Fsp3) is 0.833. The highest BCUT2D eigenvalue weighted by molar-refractivity contribution is 5.28. The van der Waals surface area contributed by atoms with E-state index in [-0.39, 0.29) is 6.04 Å². The Kier molecular flexibility index (Phi) is 3.99. The molecule has 1 atom stereocenters. The fourth-order valence-corrected chi connectivity index (χ4v) is 1.99. The highest BCUT2D eigenvalue weighted by atomic mass is 16.5. The van der Waals surface area contributed by atoms with E-state index in [4.69, 9.17) is 10.3 Å². The largest absolute Gasteiger partial charge is 0.338 e. The molecule has 0 aliphatic carbocycles. The molecule has 1 saturated heterocycles. The Morgan fingerprint density at radius 3 is 2.65 bits per heavy atom. The zero-order valence-corrected chi connectivity index (χ0v) is 10.7. The van der Waals surface area contributed by atoms with Gasteiger partial charge in [0.05, 0.1) is 0 Å². The monoisotopic (exact) mass is 238 g/mol. The van der Waals surface area contributed by atoms with Crippen LogP contribution in [0.1, 0.15) is 39.0 Å². The molecule has 0 radical (unpaired) electrons. The molecule has 96 valence electrons. The lowest BCUT2D eigenvalue weighted by Gasteiger charge is -2.24. The highest BCUT2D eigenvalue weighted by Gasteiger charge is 2.18. The number of nitrogens with two attached hydrogens (primary N) is 1. The van der Waals surface area contributed by atoms with Crippen molar-refractivity contribution in [1.82, 2.24) is 10.1 Å². The van der Waals surface area contributed by atoms with Crippen molar-refractivity contribution < 1.29 is 4.52 Å². The van der Waals surface area contributed by atoms with E-state index in [1.54, 1.807) is 0 Å². The van der Waals surface area contributed by atoms with Crippen LogP contribution in [0.25, 0.3) is 0 Å². The van der Waals surface area contributed by atoms with Gasteiger partial charge in [0, 0.05) is 25.6 Å². The molecule has 0 spiro atoms. The molecule has 1 aromatic heterocycles. The number of hydrogen-bond acceptors (Lipinski definition) is 5. The summed E-state index contributed by atoms with van der Waals surface area (Å²) in [4.78, 5) is 6.62. The molecule has 17 heavy (non-hydrogen) atoms. The Balaban J connectivity index is 1.95. The minimum atomic E-state index is 0.0876. The summed E-state index contributed by atoms with van der Waals surface area (Å²) in [5.41, 5.74) is 5.99. The van der Waals surface area contributed by atoms with E-state index in [2.05, 4.69) is 28.9 Å². The van der Waals surface area contributed by atoms with Gasteiger partial charge in [-0.05, 0) is 30.3 Å². The minimum absolute atomic E-state index is 0.0876. The summed E-state index contributed by atoms with van der Waals surface area (Å²) >= 11 is 0. The normalized spacial score (nSPS) is 18.7. The van der Waals surface area contributed by atoms with Crippen LogP contribution in [0.5, 0.6) is 0 Å². The maximum atomic E-state index is 5.99. The standard InChI is InChI=1S/C12H22N4O/c1-9(2)10(13)8-11-14-12(15-17-11)16-6-4-3-5-7-16/h9-10H,3-8,13H2,1-2H3. The second-order valence-corrected chi connectivity index (χ2v) is 5.15.